The first kappa shape index (κ1) is 30.9. The molecule has 9 heteroatoms. The van der Waals surface area contributed by atoms with Crippen molar-refractivity contribution in [2.45, 2.75) is 17.1 Å². The Morgan fingerprint density at radius 2 is 1.39 bits per heavy atom. The largest absolute Gasteiger partial charge is 0.325 e. The molecule has 220 valence electrons. The van der Waals surface area contributed by atoms with E-state index in [1.54, 1.807) is 67.6 Å². The first-order valence-corrected chi connectivity index (χ1v) is 15.3. The third-order valence-electron chi connectivity index (χ3n) is 6.58. The molecule has 1 atom stereocenters. The number of hydrogen-bond donors (Lipinski definition) is 3. The van der Waals surface area contributed by atoms with Crippen molar-refractivity contribution in [3.8, 4) is 0 Å². The van der Waals surface area contributed by atoms with Crippen LogP contribution in [0, 0.1) is 0 Å². The molecule has 0 saturated carbocycles. The van der Waals surface area contributed by atoms with Crippen LogP contribution in [0.3, 0.4) is 0 Å². The fourth-order valence-electron chi connectivity index (χ4n) is 4.42. The number of halogens is 2. The van der Waals surface area contributed by atoms with Gasteiger partial charge in [0.1, 0.15) is 5.70 Å². The summed E-state index contributed by atoms with van der Waals surface area (Å²) < 4.78 is 0. The SMILES string of the molecule is CC(Sc1ccc(NC(=O)/C(=C/c2cccc3ccccc23)NC(=O)c2ccccc2)cc1)C(=O)Nc1cc(Cl)cc(Cl)c1. The number of fused-ring (bicyclic) bond motifs is 1. The number of rotatable bonds is 9. The van der Waals surface area contributed by atoms with E-state index in [9.17, 15) is 14.4 Å². The van der Waals surface area contributed by atoms with Gasteiger partial charge in [-0.3, -0.25) is 14.4 Å². The van der Waals surface area contributed by atoms with Crippen LogP contribution in [0.25, 0.3) is 16.8 Å². The van der Waals surface area contributed by atoms with Crippen LogP contribution in [-0.2, 0) is 9.59 Å². The van der Waals surface area contributed by atoms with Crippen molar-refractivity contribution in [2.75, 3.05) is 10.6 Å². The van der Waals surface area contributed by atoms with E-state index in [2.05, 4.69) is 16.0 Å². The lowest BCUT2D eigenvalue weighted by atomic mass is 10.0. The molecule has 0 aliphatic carbocycles. The minimum Gasteiger partial charge on any atom is -0.325 e. The van der Waals surface area contributed by atoms with Crippen LogP contribution in [0.4, 0.5) is 11.4 Å². The average Bonchev–Trinajstić information content (AvgIpc) is 3.01. The smallest absolute Gasteiger partial charge is 0.272 e. The number of hydrogen-bond acceptors (Lipinski definition) is 4. The van der Waals surface area contributed by atoms with Gasteiger partial charge in [-0.25, -0.2) is 0 Å². The Hall–Kier alpha value is -4.56. The van der Waals surface area contributed by atoms with Crippen LogP contribution in [0.1, 0.15) is 22.8 Å². The molecule has 0 aliphatic heterocycles. The van der Waals surface area contributed by atoms with Gasteiger partial charge in [0.2, 0.25) is 5.91 Å². The van der Waals surface area contributed by atoms with Gasteiger partial charge in [-0.05, 0) is 83.9 Å². The van der Waals surface area contributed by atoms with Crippen LogP contribution >= 0.6 is 35.0 Å². The van der Waals surface area contributed by atoms with Crippen molar-refractivity contribution >= 4 is 80.9 Å². The monoisotopic (exact) mass is 639 g/mol. The molecule has 0 heterocycles. The molecule has 5 aromatic rings. The van der Waals surface area contributed by atoms with Crippen molar-refractivity contribution in [3.63, 3.8) is 0 Å². The average molecular weight is 641 g/mol. The highest BCUT2D eigenvalue weighted by molar-refractivity contribution is 8.00. The number of amides is 3. The van der Waals surface area contributed by atoms with Gasteiger partial charge in [-0.1, -0.05) is 83.9 Å². The summed E-state index contributed by atoms with van der Waals surface area (Å²) in [6.07, 6.45) is 1.68. The molecule has 0 aliphatic rings. The molecule has 5 rings (SSSR count). The minimum absolute atomic E-state index is 0.0973. The van der Waals surface area contributed by atoms with Crippen molar-refractivity contribution in [1.29, 1.82) is 0 Å². The Morgan fingerprint density at radius 1 is 0.727 bits per heavy atom. The van der Waals surface area contributed by atoms with Gasteiger partial charge in [0, 0.05) is 31.9 Å². The lowest BCUT2D eigenvalue weighted by Crippen LogP contribution is -2.30. The van der Waals surface area contributed by atoms with E-state index in [-0.39, 0.29) is 11.6 Å². The predicted octanol–water partition coefficient (Wildman–Crippen LogP) is 8.68. The Labute approximate surface area is 269 Å². The molecule has 1 unspecified atom stereocenters. The molecule has 0 bridgehead atoms. The van der Waals surface area contributed by atoms with Crippen LogP contribution in [0.2, 0.25) is 10.0 Å². The first-order valence-electron chi connectivity index (χ1n) is 13.7. The highest BCUT2D eigenvalue weighted by atomic mass is 35.5. The van der Waals surface area contributed by atoms with Crippen LogP contribution in [0.5, 0.6) is 0 Å². The molecule has 0 radical (unpaired) electrons. The number of benzene rings is 5. The van der Waals surface area contributed by atoms with Gasteiger partial charge in [-0.15, -0.1) is 11.8 Å². The maximum atomic E-state index is 13.5. The zero-order valence-corrected chi connectivity index (χ0v) is 25.8. The molecule has 3 amide bonds. The van der Waals surface area contributed by atoms with Crippen LogP contribution in [0.15, 0.2) is 126 Å². The van der Waals surface area contributed by atoms with E-state index in [0.717, 1.165) is 21.2 Å². The fraction of sp³-hybridized carbons (Fsp3) is 0.0571. The maximum absolute atomic E-state index is 13.5. The van der Waals surface area contributed by atoms with E-state index in [1.165, 1.54) is 11.8 Å². The predicted molar refractivity (Wildman–Crippen MR) is 181 cm³/mol. The summed E-state index contributed by atoms with van der Waals surface area (Å²) >= 11 is 13.4. The topological polar surface area (TPSA) is 87.3 Å². The van der Waals surface area contributed by atoms with Gasteiger partial charge in [-0.2, -0.15) is 0 Å². The first-order chi connectivity index (χ1) is 21.2. The maximum Gasteiger partial charge on any atom is 0.272 e. The van der Waals surface area contributed by atoms with Crippen molar-refractivity contribution in [1.82, 2.24) is 5.32 Å². The van der Waals surface area contributed by atoms with E-state index in [4.69, 9.17) is 23.2 Å². The summed E-state index contributed by atoms with van der Waals surface area (Å²) in [7, 11) is 0. The summed E-state index contributed by atoms with van der Waals surface area (Å²) in [6.45, 7) is 1.79. The number of carbonyl (C=O) groups excluding carboxylic acids is 3. The lowest BCUT2D eigenvalue weighted by molar-refractivity contribution is -0.115. The normalized spacial score (nSPS) is 11.9. The number of nitrogens with one attached hydrogen (secondary N) is 3. The molecular formula is C35H27Cl2N3O3S. The molecule has 0 fully saturated rings. The minimum atomic E-state index is -0.476. The van der Waals surface area contributed by atoms with E-state index < -0.39 is 17.1 Å². The van der Waals surface area contributed by atoms with Gasteiger partial charge in [0.05, 0.1) is 5.25 Å². The quantitative estimate of drug-likeness (QED) is 0.111. The molecule has 0 saturated heterocycles. The molecule has 44 heavy (non-hydrogen) atoms. The Morgan fingerprint density at radius 3 is 2.11 bits per heavy atom. The van der Waals surface area contributed by atoms with Crippen molar-refractivity contribution < 1.29 is 14.4 Å². The van der Waals surface area contributed by atoms with Gasteiger partial charge >= 0.3 is 0 Å². The highest BCUT2D eigenvalue weighted by Gasteiger charge is 2.17. The molecule has 6 nitrogen and oxygen atoms in total. The Kier molecular flexibility index (Phi) is 10.0. The Balaban J connectivity index is 1.30. The highest BCUT2D eigenvalue weighted by Crippen LogP contribution is 2.28. The number of thioether (sulfide) groups is 1. The number of anilines is 2. The molecular weight excluding hydrogens is 613 g/mol. The van der Waals surface area contributed by atoms with E-state index in [1.807, 2.05) is 60.7 Å². The number of carbonyl (C=O) groups is 3. The van der Waals surface area contributed by atoms with Gasteiger partial charge in [0.25, 0.3) is 11.8 Å². The summed E-state index contributed by atoms with van der Waals surface area (Å²) in [5.74, 6) is -1.08. The molecule has 3 N–H and O–H groups in total. The van der Waals surface area contributed by atoms with Gasteiger partial charge in [0.15, 0.2) is 0 Å². The Bertz CT molecular complexity index is 1840. The fourth-order valence-corrected chi connectivity index (χ4v) is 5.81. The zero-order valence-electron chi connectivity index (χ0n) is 23.5. The third kappa shape index (κ3) is 8.08. The summed E-state index contributed by atoms with van der Waals surface area (Å²) in [5, 5.41) is 10.9. The van der Waals surface area contributed by atoms with Crippen LogP contribution < -0.4 is 16.0 Å². The van der Waals surface area contributed by atoms with Gasteiger partial charge < -0.3 is 16.0 Å². The second-order valence-electron chi connectivity index (χ2n) is 9.83. The summed E-state index contributed by atoms with van der Waals surface area (Å²) in [4.78, 5) is 40.1. The molecule has 0 spiro atoms. The van der Waals surface area contributed by atoms with Crippen molar-refractivity contribution in [3.05, 3.63) is 142 Å². The summed E-state index contributed by atoms with van der Waals surface area (Å²) in [6, 6.07) is 34.3. The second kappa shape index (κ2) is 14.3. The zero-order chi connectivity index (χ0) is 31.1. The third-order valence-corrected chi connectivity index (χ3v) is 8.12. The standard InChI is InChI=1S/C35H27Cl2N3O3S/c1-22(33(41)39-29-20-26(36)19-27(37)21-29)44-30-16-14-28(15-17-30)38-35(43)32(40-34(42)24-9-3-2-4-10-24)18-25-12-7-11-23-8-5-6-13-31(23)25/h2-22H,1H3,(H,38,43)(H,39,41)(H,40,42)/b32-18-. The van der Waals surface area contributed by atoms with E-state index in [0.29, 0.717) is 27.0 Å². The summed E-state index contributed by atoms with van der Waals surface area (Å²) in [5.41, 5.74) is 2.37. The lowest BCUT2D eigenvalue weighted by Gasteiger charge is -2.14. The molecule has 5 aromatic carbocycles. The van der Waals surface area contributed by atoms with E-state index >= 15 is 0 Å². The van der Waals surface area contributed by atoms with Crippen molar-refractivity contribution in [2.24, 2.45) is 0 Å². The second-order valence-corrected chi connectivity index (χ2v) is 12.1. The van der Waals surface area contributed by atoms with Crippen LogP contribution in [-0.4, -0.2) is 23.0 Å². The molecule has 0 aromatic heterocycles.